The van der Waals surface area contributed by atoms with Gasteiger partial charge in [-0.05, 0) is 37.0 Å². The molecule has 0 aliphatic carbocycles. The van der Waals surface area contributed by atoms with Gasteiger partial charge in [0.15, 0.2) is 5.96 Å². The lowest BCUT2D eigenvalue weighted by Crippen LogP contribution is -2.36. The summed E-state index contributed by atoms with van der Waals surface area (Å²) in [7, 11) is 1.58. The first kappa shape index (κ1) is 17.9. The highest BCUT2D eigenvalue weighted by Gasteiger charge is 2.28. The molecule has 2 atom stereocenters. The molecule has 3 N–H and O–H groups in total. The Bertz CT molecular complexity index is 549. The van der Waals surface area contributed by atoms with Crippen molar-refractivity contribution in [3.05, 3.63) is 23.2 Å². The van der Waals surface area contributed by atoms with Gasteiger partial charge in [0.2, 0.25) is 0 Å². The van der Waals surface area contributed by atoms with Gasteiger partial charge in [0.25, 0.3) is 0 Å². The molecule has 5 nitrogen and oxygen atoms in total. The average molecular weight is 340 g/mol. The van der Waals surface area contributed by atoms with Crippen molar-refractivity contribution in [2.75, 3.05) is 25.6 Å². The lowest BCUT2D eigenvalue weighted by atomic mass is 9.87. The smallest absolute Gasteiger partial charge is 0.193 e. The van der Waals surface area contributed by atoms with Gasteiger partial charge in [0.1, 0.15) is 5.75 Å². The maximum atomic E-state index is 6.10. The highest BCUT2D eigenvalue weighted by atomic mass is 35.5. The molecule has 1 aliphatic rings. The van der Waals surface area contributed by atoms with E-state index in [1.807, 2.05) is 6.07 Å². The molecule has 0 bridgehead atoms. The van der Waals surface area contributed by atoms with Crippen LogP contribution >= 0.6 is 11.6 Å². The van der Waals surface area contributed by atoms with Gasteiger partial charge in [-0.1, -0.05) is 25.4 Å². The summed E-state index contributed by atoms with van der Waals surface area (Å²) < 4.78 is 11.0. The molecule has 0 aromatic heterocycles. The van der Waals surface area contributed by atoms with Crippen LogP contribution in [0.3, 0.4) is 0 Å². The molecule has 2 rings (SSSR count). The zero-order valence-corrected chi connectivity index (χ0v) is 14.8. The van der Waals surface area contributed by atoms with Crippen LogP contribution in [0.5, 0.6) is 5.75 Å². The molecule has 0 radical (unpaired) electrons. The third-order valence-electron chi connectivity index (χ3n) is 4.07. The normalized spacial score (nSPS) is 22.2. The van der Waals surface area contributed by atoms with Gasteiger partial charge >= 0.3 is 0 Å². The first-order valence-corrected chi connectivity index (χ1v) is 8.41. The van der Waals surface area contributed by atoms with Gasteiger partial charge < -0.3 is 20.5 Å². The fourth-order valence-electron chi connectivity index (χ4n) is 2.94. The van der Waals surface area contributed by atoms with Crippen molar-refractivity contribution in [2.45, 2.75) is 32.8 Å². The van der Waals surface area contributed by atoms with E-state index in [-0.39, 0.29) is 6.10 Å². The lowest BCUT2D eigenvalue weighted by molar-refractivity contribution is -0.0491. The Kier molecular flexibility index (Phi) is 6.54. The van der Waals surface area contributed by atoms with Crippen LogP contribution in [0.1, 0.15) is 26.7 Å². The van der Waals surface area contributed by atoms with Gasteiger partial charge in [0, 0.05) is 24.8 Å². The van der Waals surface area contributed by atoms with Crippen LogP contribution in [0.2, 0.25) is 5.02 Å². The van der Waals surface area contributed by atoms with Crippen LogP contribution in [-0.4, -0.2) is 32.3 Å². The van der Waals surface area contributed by atoms with Crippen molar-refractivity contribution in [1.29, 1.82) is 0 Å². The molecular weight excluding hydrogens is 314 g/mol. The summed E-state index contributed by atoms with van der Waals surface area (Å²) >= 11 is 6.10. The number of nitrogens with zero attached hydrogens (tertiary/aromatic N) is 1. The van der Waals surface area contributed by atoms with Crippen molar-refractivity contribution < 1.29 is 9.47 Å². The molecular formula is C17H26ClN3O2. The summed E-state index contributed by atoms with van der Waals surface area (Å²) in [6.07, 6.45) is 2.48. The van der Waals surface area contributed by atoms with Crippen LogP contribution in [0, 0.1) is 11.8 Å². The second kappa shape index (κ2) is 8.41. The minimum absolute atomic E-state index is 0.260. The number of methoxy groups -OCH3 is 1. The summed E-state index contributed by atoms with van der Waals surface area (Å²) in [5.74, 6) is 1.93. The molecule has 6 heteroatoms. The Hall–Kier alpha value is -1.46. The van der Waals surface area contributed by atoms with Crippen molar-refractivity contribution in [3.8, 4) is 5.75 Å². The third-order valence-corrected chi connectivity index (χ3v) is 4.37. The van der Waals surface area contributed by atoms with Crippen LogP contribution in [0.4, 0.5) is 5.69 Å². The Morgan fingerprint density at radius 2 is 2.30 bits per heavy atom. The fraction of sp³-hybridized carbons (Fsp3) is 0.588. The molecule has 0 spiro atoms. The Labute approximate surface area is 143 Å². The second-order valence-electron chi connectivity index (χ2n) is 6.18. The zero-order valence-electron chi connectivity index (χ0n) is 14.0. The van der Waals surface area contributed by atoms with E-state index in [0.29, 0.717) is 35.1 Å². The summed E-state index contributed by atoms with van der Waals surface area (Å²) in [6, 6.07) is 5.42. The third kappa shape index (κ3) is 5.01. The summed E-state index contributed by atoms with van der Waals surface area (Å²) in [5, 5.41) is 3.60. The van der Waals surface area contributed by atoms with Crippen LogP contribution in [-0.2, 0) is 4.74 Å². The monoisotopic (exact) mass is 339 g/mol. The van der Waals surface area contributed by atoms with Crippen molar-refractivity contribution in [1.82, 2.24) is 0 Å². The van der Waals surface area contributed by atoms with Crippen LogP contribution < -0.4 is 15.8 Å². The first-order valence-electron chi connectivity index (χ1n) is 8.03. The van der Waals surface area contributed by atoms with E-state index in [0.717, 1.165) is 25.1 Å². The lowest BCUT2D eigenvalue weighted by Gasteiger charge is -2.33. The quantitative estimate of drug-likeness (QED) is 0.636. The Morgan fingerprint density at radius 3 is 2.96 bits per heavy atom. The molecule has 1 aliphatic heterocycles. The van der Waals surface area contributed by atoms with E-state index < -0.39 is 0 Å². The Balaban J connectivity index is 1.95. The molecule has 1 aromatic carbocycles. The topological polar surface area (TPSA) is 68.9 Å². The number of nitrogens with two attached hydrogens (primary N) is 1. The molecule has 128 valence electrons. The SMILES string of the molecule is COc1ccc(NC(N)=NCC2CCCOC2C(C)C)cc1Cl. The fourth-order valence-corrected chi connectivity index (χ4v) is 3.20. The molecule has 1 saturated heterocycles. The molecule has 2 unspecified atom stereocenters. The number of rotatable bonds is 5. The minimum atomic E-state index is 0.260. The predicted octanol–water partition coefficient (Wildman–Crippen LogP) is 3.53. The molecule has 1 aromatic rings. The first-order chi connectivity index (χ1) is 11.0. The summed E-state index contributed by atoms with van der Waals surface area (Å²) in [4.78, 5) is 4.48. The Morgan fingerprint density at radius 1 is 1.52 bits per heavy atom. The number of nitrogens with one attached hydrogen (secondary N) is 1. The van der Waals surface area contributed by atoms with E-state index in [1.165, 1.54) is 0 Å². The van der Waals surface area contributed by atoms with Crippen molar-refractivity contribution >= 4 is 23.2 Å². The van der Waals surface area contributed by atoms with E-state index in [2.05, 4.69) is 24.2 Å². The maximum Gasteiger partial charge on any atom is 0.193 e. The number of aliphatic imine (C=N–C) groups is 1. The average Bonchev–Trinajstić information content (AvgIpc) is 2.53. The molecule has 23 heavy (non-hydrogen) atoms. The second-order valence-corrected chi connectivity index (χ2v) is 6.59. The van der Waals surface area contributed by atoms with E-state index in [4.69, 9.17) is 26.8 Å². The number of benzene rings is 1. The molecule has 0 amide bonds. The van der Waals surface area contributed by atoms with Crippen LogP contribution in [0.25, 0.3) is 0 Å². The van der Waals surface area contributed by atoms with E-state index in [9.17, 15) is 0 Å². The summed E-state index contributed by atoms with van der Waals surface area (Å²) in [5.41, 5.74) is 6.78. The van der Waals surface area contributed by atoms with Gasteiger partial charge in [-0.15, -0.1) is 0 Å². The maximum absolute atomic E-state index is 6.10. The number of guanidine groups is 1. The van der Waals surface area contributed by atoms with Gasteiger partial charge in [-0.3, -0.25) is 4.99 Å². The van der Waals surface area contributed by atoms with Crippen molar-refractivity contribution in [3.63, 3.8) is 0 Å². The molecule has 1 heterocycles. The van der Waals surface area contributed by atoms with E-state index >= 15 is 0 Å². The number of halogens is 1. The zero-order chi connectivity index (χ0) is 16.8. The summed E-state index contributed by atoms with van der Waals surface area (Å²) in [6.45, 7) is 5.90. The van der Waals surface area contributed by atoms with Gasteiger partial charge in [-0.25, -0.2) is 0 Å². The minimum Gasteiger partial charge on any atom is -0.495 e. The highest BCUT2D eigenvalue weighted by molar-refractivity contribution is 6.32. The highest BCUT2D eigenvalue weighted by Crippen LogP contribution is 2.28. The number of hydrogen-bond donors (Lipinski definition) is 2. The standard InChI is InChI=1S/C17H26ClN3O2/c1-11(2)16-12(5-4-8-23-16)10-20-17(19)21-13-6-7-15(22-3)14(18)9-13/h6-7,9,11-12,16H,4-5,8,10H2,1-3H3,(H3,19,20,21). The van der Waals surface area contributed by atoms with Crippen molar-refractivity contribution in [2.24, 2.45) is 22.6 Å². The predicted molar refractivity (Wildman–Crippen MR) is 95.4 cm³/mol. The largest absolute Gasteiger partial charge is 0.495 e. The van der Waals surface area contributed by atoms with E-state index in [1.54, 1.807) is 19.2 Å². The molecule has 0 saturated carbocycles. The molecule has 1 fully saturated rings. The van der Waals surface area contributed by atoms with Gasteiger partial charge in [-0.2, -0.15) is 0 Å². The van der Waals surface area contributed by atoms with Crippen LogP contribution in [0.15, 0.2) is 23.2 Å². The number of hydrogen-bond acceptors (Lipinski definition) is 3. The number of anilines is 1. The van der Waals surface area contributed by atoms with Gasteiger partial charge in [0.05, 0.1) is 18.2 Å². The number of ether oxygens (including phenoxy) is 2.